The third-order valence-electron chi connectivity index (χ3n) is 5.26. The molecule has 2 aromatic carbocycles. The highest BCUT2D eigenvalue weighted by molar-refractivity contribution is 7.92. The second kappa shape index (κ2) is 9.70. The van der Waals surface area contributed by atoms with Gasteiger partial charge in [-0.2, -0.15) is 0 Å². The van der Waals surface area contributed by atoms with Crippen LogP contribution in [0.15, 0.2) is 53.4 Å². The minimum atomic E-state index is -4.27. The van der Waals surface area contributed by atoms with Crippen LogP contribution >= 0.6 is 11.6 Å². The summed E-state index contributed by atoms with van der Waals surface area (Å²) in [5, 5.41) is 0.938. The third-order valence-corrected chi connectivity index (χ3v) is 7.38. The van der Waals surface area contributed by atoms with Crippen molar-refractivity contribution in [3.8, 4) is 0 Å². The summed E-state index contributed by atoms with van der Waals surface area (Å²) < 4.78 is 26.7. The average molecular weight is 478 g/mol. The van der Waals surface area contributed by atoms with Crippen molar-refractivity contribution in [1.29, 1.82) is 0 Å². The van der Waals surface area contributed by atoms with Crippen molar-refractivity contribution in [3.63, 3.8) is 0 Å². The number of halogens is 1. The van der Waals surface area contributed by atoms with Crippen LogP contribution in [0.3, 0.4) is 0 Å². The number of hydrogen-bond donors (Lipinski definition) is 1. The fourth-order valence-electron chi connectivity index (χ4n) is 3.43. The van der Waals surface area contributed by atoms with E-state index in [1.54, 1.807) is 36.1 Å². The second-order valence-corrected chi connectivity index (χ2v) is 10.0. The monoisotopic (exact) mass is 477 g/mol. The van der Waals surface area contributed by atoms with Crippen LogP contribution in [0.1, 0.15) is 22.8 Å². The van der Waals surface area contributed by atoms with Gasteiger partial charge in [0.15, 0.2) is 0 Å². The van der Waals surface area contributed by atoms with E-state index in [1.807, 2.05) is 0 Å². The molecule has 2 aromatic rings. The Morgan fingerprint density at radius 3 is 2.12 bits per heavy atom. The lowest BCUT2D eigenvalue weighted by molar-refractivity contribution is -0.138. The van der Waals surface area contributed by atoms with Crippen molar-refractivity contribution in [2.24, 2.45) is 0 Å². The number of carbonyl (C=O) groups excluding carboxylic acids is 3. The van der Waals surface area contributed by atoms with E-state index in [9.17, 15) is 22.8 Å². The molecule has 0 aliphatic carbocycles. The predicted molar refractivity (Wildman–Crippen MR) is 120 cm³/mol. The zero-order valence-electron chi connectivity index (χ0n) is 17.7. The number of nitrogens with one attached hydrogen (secondary N) is 1. The van der Waals surface area contributed by atoms with Crippen molar-refractivity contribution >= 4 is 39.2 Å². The molecular weight excluding hydrogens is 454 g/mol. The molecule has 1 heterocycles. The summed E-state index contributed by atoms with van der Waals surface area (Å²) in [5.74, 6) is -1.54. The molecular formula is C22H24ClN3O5S. The first-order valence-corrected chi connectivity index (χ1v) is 11.9. The Kier molecular flexibility index (Phi) is 7.20. The minimum absolute atomic E-state index is 0.116. The zero-order valence-corrected chi connectivity index (χ0v) is 19.3. The van der Waals surface area contributed by atoms with Crippen LogP contribution in [-0.2, 0) is 19.4 Å². The summed E-state index contributed by atoms with van der Waals surface area (Å²) in [4.78, 5) is 40.5. The molecule has 0 unspecified atom stereocenters. The Bertz CT molecular complexity index is 1130. The number of amides is 3. The first kappa shape index (κ1) is 23.7. The highest BCUT2D eigenvalue weighted by Crippen LogP contribution is 2.20. The molecule has 1 aliphatic heterocycles. The normalized spacial score (nSPS) is 15.2. The maximum absolute atomic E-state index is 13.4. The number of nitrogens with zero attached hydrogens (tertiary/aromatic N) is 2. The fraction of sp³-hybridized carbons (Fsp3) is 0.318. The van der Waals surface area contributed by atoms with Crippen molar-refractivity contribution in [1.82, 2.24) is 15.1 Å². The smallest absolute Gasteiger partial charge is 0.261 e. The molecule has 8 nitrogen and oxygen atoms in total. The van der Waals surface area contributed by atoms with Crippen LogP contribution in [0.25, 0.3) is 0 Å². The lowest BCUT2D eigenvalue weighted by atomic mass is 10.1. The zero-order chi connectivity index (χ0) is 23.5. The van der Waals surface area contributed by atoms with E-state index in [-0.39, 0.29) is 29.5 Å². The lowest BCUT2D eigenvalue weighted by Gasteiger charge is -2.36. The summed E-state index contributed by atoms with van der Waals surface area (Å²) in [7, 11) is -4.27. The van der Waals surface area contributed by atoms with Gasteiger partial charge in [-0.25, -0.2) is 8.42 Å². The molecule has 1 saturated heterocycles. The standard InChI is InChI=1S/C22H24ClN3O5S/c1-15-4-3-5-17(14-15)20(28)24-21(32(30,31)19-8-6-18(23)7-9-19)22(29)26-12-10-25(11-13-26)16(2)27/h3-9,14,21H,10-13H2,1-2H3,(H,24,28)/t21-/m0/s1. The first-order valence-electron chi connectivity index (χ1n) is 10.0. The van der Waals surface area contributed by atoms with Gasteiger partial charge in [0.2, 0.25) is 21.1 Å². The number of benzene rings is 2. The largest absolute Gasteiger partial charge is 0.339 e. The van der Waals surface area contributed by atoms with E-state index in [1.165, 1.54) is 36.1 Å². The summed E-state index contributed by atoms with van der Waals surface area (Å²) in [6, 6.07) is 12.0. The molecule has 3 rings (SSSR count). The Morgan fingerprint density at radius 1 is 0.969 bits per heavy atom. The van der Waals surface area contributed by atoms with Crippen molar-refractivity contribution in [3.05, 3.63) is 64.7 Å². The van der Waals surface area contributed by atoms with Crippen molar-refractivity contribution in [2.75, 3.05) is 26.2 Å². The van der Waals surface area contributed by atoms with Gasteiger partial charge in [-0.3, -0.25) is 14.4 Å². The molecule has 0 saturated carbocycles. The predicted octanol–water partition coefficient (Wildman–Crippen LogP) is 1.87. The summed E-state index contributed by atoms with van der Waals surface area (Å²) in [5.41, 5.74) is 1.07. The second-order valence-electron chi connectivity index (χ2n) is 7.55. The van der Waals surface area contributed by atoms with Gasteiger partial charge < -0.3 is 15.1 Å². The Hall–Kier alpha value is -2.91. The van der Waals surface area contributed by atoms with Crippen molar-refractivity contribution in [2.45, 2.75) is 24.1 Å². The van der Waals surface area contributed by atoms with Crippen LogP contribution in [0.2, 0.25) is 5.02 Å². The molecule has 1 aliphatic rings. The molecule has 1 N–H and O–H groups in total. The number of rotatable bonds is 5. The van der Waals surface area contributed by atoms with E-state index < -0.39 is 27.0 Å². The molecule has 170 valence electrons. The average Bonchev–Trinajstić information content (AvgIpc) is 2.77. The molecule has 0 radical (unpaired) electrons. The Morgan fingerprint density at radius 2 is 1.56 bits per heavy atom. The molecule has 0 bridgehead atoms. The molecule has 10 heteroatoms. The van der Waals surface area contributed by atoms with Gasteiger partial charge in [-0.15, -0.1) is 0 Å². The number of hydrogen-bond acceptors (Lipinski definition) is 5. The minimum Gasteiger partial charge on any atom is -0.339 e. The van der Waals surface area contributed by atoms with Gasteiger partial charge in [0.25, 0.3) is 11.8 Å². The van der Waals surface area contributed by atoms with E-state index >= 15 is 0 Å². The van der Waals surface area contributed by atoms with Crippen LogP contribution < -0.4 is 5.32 Å². The lowest BCUT2D eigenvalue weighted by Crippen LogP contribution is -2.57. The SMILES string of the molecule is CC(=O)N1CCN(C(=O)[C@@H](NC(=O)c2cccc(C)c2)S(=O)(=O)c2ccc(Cl)cc2)CC1. The number of sulfone groups is 1. The van der Waals surface area contributed by atoms with Gasteiger partial charge in [-0.05, 0) is 43.3 Å². The van der Waals surface area contributed by atoms with Gasteiger partial charge in [0, 0.05) is 43.7 Å². The van der Waals surface area contributed by atoms with Crippen LogP contribution in [-0.4, -0.2) is 67.5 Å². The van der Waals surface area contributed by atoms with E-state index in [2.05, 4.69) is 5.32 Å². The maximum atomic E-state index is 13.4. The summed E-state index contributed by atoms with van der Waals surface area (Å²) >= 11 is 5.87. The first-order chi connectivity index (χ1) is 15.1. The number of carbonyl (C=O) groups is 3. The fourth-order valence-corrected chi connectivity index (χ4v) is 5.02. The highest BCUT2D eigenvalue weighted by atomic mass is 35.5. The van der Waals surface area contributed by atoms with Gasteiger partial charge in [-0.1, -0.05) is 29.3 Å². The quantitative estimate of drug-likeness (QED) is 0.708. The molecule has 32 heavy (non-hydrogen) atoms. The number of aryl methyl sites for hydroxylation is 1. The molecule has 0 spiro atoms. The Balaban J connectivity index is 1.92. The van der Waals surface area contributed by atoms with E-state index in [0.29, 0.717) is 18.1 Å². The Labute approximate surface area is 192 Å². The molecule has 3 amide bonds. The van der Waals surface area contributed by atoms with E-state index in [4.69, 9.17) is 11.6 Å². The van der Waals surface area contributed by atoms with Gasteiger partial charge >= 0.3 is 0 Å². The molecule has 1 atom stereocenters. The number of piperazine rings is 1. The maximum Gasteiger partial charge on any atom is 0.261 e. The highest BCUT2D eigenvalue weighted by Gasteiger charge is 2.39. The summed E-state index contributed by atoms with van der Waals surface area (Å²) in [6.45, 7) is 4.17. The topological polar surface area (TPSA) is 104 Å². The van der Waals surface area contributed by atoms with Crippen LogP contribution in [0.5, 0.6) is 0 Å². The molecule has 0 aromatic heterocycles. The third kappa shape index (κ3) is 5.28. The van der Waals surface area contributed by atoms with E-state index in [0.717, 1.165) is 5.56 Å². The van der Waals surface area contributed by atoms with Crippen molar-refractivity contribution < 1.29 is 22.8 Å². The van der Waals surface area contributed by atoms with Crippen LogP contribution in [0.4, 0.5) is 0 Å². The summed E-state index contributed by atoms with van der Waals surface area (Å²) in [6.07, 6.45) is 0. The van der Waals surface area contributed by atoms with Crippen LogP contribution in [0, 0.1) is 6.92 Å². The van der Waals surface area contributed by atoms with Gasteiger partial charge in [0.05, 0.1) is 4.90 Å². The van der Waals surface area contributed by atoms with Gasteiger partial charge in [0.1, 0.15) is 0 Å². The molecule has 1 fully saturated rings.